The molecule has 1 aliphatic rings. The van der Waals surface area contributed by atoms with Crippen molar-refractivity contribution in [2.24, 2.45) is 0 Å². The Morgan fingerprint density at radius 2 is 2.03 bits per heavy atom. The molecule has 0 saturated carbocycles. The first-order valence-corrected chi connectivity index (χ1v) is 11.3. The molecular formula is C20H23NO7S. The molecule has 0 unspecified atom stereocenters. The molecule has 2 heterocycles. The van der Waals surface area contributed by atoms with Crippen LogP contribution >= 0.6 is 0 Å². The Kier molecular flexibility index (Phi) is 6.07. The molecule has 29 heavy (non-hydrogen) atoms. The van der Waals surface area contributed by atoms with Gasteiger partial charge in [0.25, 0.3) is 5.91 Å². The first-order chi connectivity index (χ1) is 13.7. The summed E-state index contributed by atoms with van der Waals surface area (Å²) in [5.41, 5.74) is -0.799. The highest BCUT2D eigenvalue weighted by atomic mass is 32.2. The quantitative estimate of drug-likeness (QED) is 0.516. The van der Waals surface area contributed by atoms with Gasteiger partial charge in [0.1, 0.15) is 11.1 Å². The lowest BCUT2D eigenvalue weighted by molar-refractivity contribution is -0.138. The Bertz CT molecular complexity index is 1090. The van der Waals surface area contributed by atoms with E-state index in [0.29, 0.717) is 23.8 Å². The topological polar surface area (TPSA) is 111 Å². The molecule has 0 spiro atoms. The van der Waals surface area contributed by atoms with E-state index in [9.17, 15) is 22.8 Å². The van der Waals surface area contributed by atoms with Gasteiger partial charge in [-0.05, 0) is 31.9 Å². The van der Waals surface area contributed by atoms with Crippen LogP contribution in [0.3, 0.4) is 0 Å². The Hall–Kier alpha value is -2.68. The third-order valence-electron chi connectivity index (χ3n) is 5.14. The number of nitrogens with zero attached hydrogens (tertiary/aromatic N) is 1. The van der Waals surface area contributed by atoms with E-state index in [1.807, 2.05) is 13.8 Å². The molecule has 0 bridgehead atoms. The van der Waals surface area contributed by atoms with Gasteiger partial charge in [-0.25, -0.2) is 18.0 Å². The fraction of sp³-hybridized carbons (Fsp3) is 0.450. The molecule has 1 amide bonds. The number of rotatable bonds is 6. The highest BCUT2D eigenvalue weighted by Crippen LogP contribution is 2.21. The Morgan fingerprint density at radius 1 is 1.31 bits per heavy atom. The van der Waals surface area contributed by atoms with Gasteiger partial charge in [0.05, 0.1) is 11.5 Å². The molecule has 0 aliphatic carbocycles. The van der Waals surface area contributed by atoms with Gasteiger partial charge in [-0.15, -0.1) is 0 Å². The minimum atomic E-state index is -3.17. The number of ether oxygens (including phenoxy) is 1. The van der Waals surface area contributed by atoms with Gasteiger partial charge in [-0.3, -0.25) is 4.79 Å². The summed E-state index contributed by atoms with van der Waals surface area (Å²) in [5, 5.41) is 0.558. The number of benzene rings is 1. The van der Waals surface area contributed by atoms with Gasteiger partial charge < -0.3 is 14.1 Å². The summed E-state index contributed by atoms with van der Waals surface area (Å²) in [6.07, 6.45) is 0.991. The number of fused-ring (bicyclic) bond motifs is 1. The van der Waals surface area contributed by atoms with E-state index >= 15 is 0 Å². The van der Waals surface area contributed by atoms with Crippen LogP contribution in [0.5, 0.6) is 0 Å². The minimum absolute atomic E-state index is 0.0375. The average molecular weight is 421 g/mol. The van der Waals surface area contributed by atoms with Gasteiger partial charge >= 0.3 is 11.6 Å². The number of amides is 1. The Balaban J connectivity index is 1.73. The lowest BCUT2D eigenvalue weighted by Crippen LogP contribution is -2.48. The first-order valence-electron chi connectivity index (χ1n) is 9.43. The molecular weight excluding hydrogens is 398 g/mol. The van der Waals surface area contributed by atoms with E-state index in [4.69, 9.17) is 9.15 Å². The number of para-hydroxylation sites is 1. The van der Waals surface area contributed by atoms with Crippen LogP contribution in [0.1, 0.15) is 37.0 Å². The van der Waals surface area contributed by atoms with Crippen molar-refractivity contribution in [3.8, 4) is 0 Å². The summed E-state index contributed by atoms with van der Waals surface area (Å²) in [6.45, 7) is 3.13. The van der Waals surface area contributed by atoms with Crippen LogP contribution in [-0.4, -0.2) is 55.4 Å². The zero-order chi connectivity index (χ0) is 21.2. The van der Waals surface area contributed by atoms with E-state index in [1.54, 1.807) is 24.3 Å². The van der Waals surface area contributed by atoms with E-state index in [-0.39, 0.29) is 23.1 Å². The molecule has 3 rings (SSSR count). The second-order valence-corrected chi connectivity index (χ2v) is 9.41. The average Bonchev–Trinajstić information content (AvgIpc) is 3.04. The van der Waals surface area contributed by atoms with E-state index in [0.717, 1.165) is 0 Å². The lowest BCUT2D eigenvalue weighted by atomic mass is 10.1. The maximum atomic E-state index is 12.7. The van der Waals surface area contributed by atoms with E-state index < -0.39 is 40.0 Å². The predicted molar refractivity (Wildman–Crippen MR) is 106 cm³/mol. The highest BCUT2D eigenvalue weighted by Gasteiger charge is 2.36. The number of hydrogen-bond donors (Lipinski definition) is 0. The Labute approximate surface area is 168 Å². The molecule has 9 heteroatoms. The maximum absolute atomic E-state index is 12.7. The predicted octanol–water partition coefficient (Wildman–Crippen LogP) is 1.76. The molecule has 0 N–H and O–H groups in total. The zero-order valence-corrected chi connectivity index (χ0v) is 17.1. The van der Waals surface area contributed by atoms with Crippen molar-refractivity contribution in [1.29, 1.82) is 0 Å². The molecule has 1 saturated heterocycles. The SMILES string of the molecule is CC[C@@H](C)N(C(=O)COC(=O)c1cc2ccccc2oc1=O)[C@H]1CCS(=O)(=O)C1. The minimum Gasteiger partial charge on any atom is -0.452 e. The smallest absolute Gasteiger partial charge is 0.351 e. The second-order valence-electron chi connectivity index (χ2n) is 7.18. The van der Waals surface area contributed by atoms with Crippen LogP contribution in [0.25, 0.3) is 11.0 Å². The van der Waals surface area contributed by atoms with Crippen molar-refractivity contribution in [1.82, 2.24) is 4.90 Å². The highest BCUT2D eigenvalue weighted by molar-refractivity contribution is 7.91. The first kappa shape index (κ1) is 21.0. The summed E-state index contributed by atoms with van der Waals surface area (Å²) >= 11 is 0. The number of carbonyl (C=O) groups is 2. The van der Waals surface area contributed by atoms with Gasteiger partial charge in [-0.2, -0.15) is 0 Å². The molecule has 156 valence electrons. The zero-order valence-electron chi connectivity index (χ0n) is 16.3. The van der Waals surface area contributed by atoms with Crippen LogP contribution in [0.2, 0.25) is 0 Å². The van der Waals surface area contributed by atoms with Crippen LogP contribution in [-0.2, 0) is 19.4 Å². The summed E-state index contributed by atoms with van der Waals surface area (Å²) in [7, 11) is -3.17. The van der Waals surface area contributed by atoms with Crippen molar-refractivity contribution in [2.75, 3.05) is 18.1 Å². The monoisotopic (exact) mass is 421 g/mol. The molecule has 1 aromatic heterocycles. The largest absolute Gasteiger partial charge is 0.452 e. The maximum Gasteiger partial charge on any atom is 0.351 e. The van der Waals surface area contributed by atoms with Crippen LogP contribution in [0.4, 0.5) is 0 Å². The molecule has 1 aliphatic heterocycles. The standard InChI is InChI=1S/C20H23NO7S/c1-3-13(2)21(15-8-9-29(25,26)12-15)18(22)11-27-19(23)16-10-14-6-4-5-7-17(14)28-20(16)24/h4-7,10,13,15H,3,8-9,11-12H2,1-2H3/t13-,15+/m1/s1. The third kappa shape index (κ3) is 4.67. The van der Waals surface area contributed by atoms with Crippen LogP contribution in [0.15, 0.2) is 39.5 Å². The van der Waals surface area contributed by atoms with Crippen LogP contribution < -0.4 is 5.63 Å². The molecule has 1 aromatic carbocycles. The van der Waals surface area contributed by atoms with Crippen molar-refractivity contribution in [3.05, 3.63) is 46.3 Å². The second kappa shape index (κ2) is 8.36. The van der Waals surface area contributed by atoms with Gasteiger partial charge in [0, 0.05) is 17.5 Å². The third-order valence-corrected chi connectivity index (χ3v) is 6.89. The van der Waals surface area contributed by atoms with Crippen molar-refractivity contribution < 1.29 is 27.2 Å². The molecule has 2 aromatic rings. The normalized spacial score (nSPS) is 19.0. The molecule has 1 fully saturated rings. The summed E-state index contributed by atoms with van der Waals surface area (Å²) in [4.78, 5) is 38.6. The van der Waals surface area contributed by atoms with Gasteiger partial charge in [0.2, 0.25) is 0 Å². The molecule has 8 nitrogen and oxygen atoms in total. The summed E-state index contributed by atoms with van der Waals surface area (Å²) < 4.78 is 33.8. The molecule has 2 atom stereocenters. The number of hydrogen-bond acceptors (Lipinski definition) is 7. The van der Waals surface area contributed by atoms with Crippen LogP contribution in [0, 0.1) is 0 Å². The molecule has 0 radical (unpaired) electrons. The van der Waals surface area contributed by atoms with E-state index in [2.05, 4.69) is 0 Å². The van der Waals surface area contributed by atoms with Crippen molar-refractivity contribution >= 4 is 32.7 Å². The number of esters is 1. The summed E-state index contributed by atoms with van der Waals surface area (Å²) in [5.74, 6) is -1.50. The number of carbonyl (C=O) groups excluding carboxylic acids is 2. The fourth-order valence-corrected chi connectivity index (χ4v) is 5.20. The van der Waals surface area contributed by atoms with Crippen molar-refractivity contribution in [3.63, 3.8) is 0 Å². The van der Waals surface area contributed by atoms with E-state index in [1.165, 1.54) is 11.0 Å². The summed E-state index contributed by atoms with van der Waals surface area (Å²) in [6, 6.07) is 7.46. The van der Waals surface area contributed by atoms with Gasteiger partial charge in [-0.1, -0.05) is 25.1 Å². The lowest BCUT2D eigenvalue weighted by Gasteiger charge is -2.33. The fourth-order valence-electron chi connectivity index (χ4n) is 3.48. The van der Waals surface area contributed by atoms with Gasteiger partial charge in [0.15, 0.2) is 16.4 Å². The number of sulfone groups is 1. The Morgan fingerprint density at radius 3 is 2.69 bits per heavy atom. The van der Waals surface area contributed by atoms with Crippen molar-refractivity contribution in [2.45, 2.75) is 38.8 Å².